The third-order valence-electron chi connectivity index (χ3n) is 1.53. The number of hydrogen-bond acceptors (Lipinski definition) is 2. The van der Waals surface area contributed by atoms with Crippen molar-refractivity contribution in [3.8, 4) is 5.75 Å². The van der Waals surface area contributed by atoms with Crippen LogP contribution < -0.4 is 4.74 Å². The van der Waals surface area contributed by atoms with Gasteiger partial charge in [0.2, 0.25) is 0 Å². The number of benzene rings is 1. The molecular weight excluding hydrogens is 164 g/mol. The molecule has 2 heteroatoms. The van der Waals surface area contributed by atoms with E-state index in [1.807, 2.05) is 38.1 Å². The van der Waals surface area contributed by atoms with E-state index in [0.29, 0.717) is 13.4 Å². The smallest absolute Gasteiger partial charge is 0.189 e. The zero-order chi connectivity index (χ0) is 8.81. The average Bonchev–Trinajstić information content (AvgIpc) is 2.21. The van der Waals surface area contributed by atoms with Crippen molar-refractivity contribution < 1.29 is 9.47 Å². The Morgan fingerprint density at radius 3 is 2.54 bits per heavy atom. The number of rotatable bonds is 0. The van der Waals surface area contributed by atoms with Crippen LogP contribution in [0.1, 0.15) is 26.8 Å². The fourth-order valence-electron chi connectivity index (χ4n) is 1.02. The molecule has 1 heterocycles. The molecule has 0 amide bonds. The van der Waals surface area contributed by atoms with Gasteiger partial charge in [0.15, 0.2) is 6.79 Å². The molecule has 0 bridgehead atoms. The van der Waals surface area contributed by atoms with Crippen LogP contribution in [0.2, 0.25) is 0 Å². The van der Waals surface area contributed by atoms with Crippen molar-refractivity contribution in [3.05, 3.63) is 29.8 Å². The molecule has 0 saturated heterocycles. The lowest BCUT2D eigenvalue weighted by Crippen LogP contribution is -2.10. The molecule has 74 valence electrons. The maximum atomic E-state index is 5.20. The summed E-state index contributed by atoms with van der Waals surface area (Å²) >= 11 is 0. The lowest BCUT2D eigenvalue weighted by molar-refractivity contribution is -0.0163. The van der Waals surface area contributed by atoms with Crippen LogP contribution in [0.5, 0.6) is 5.75 Å². The van der Waals surface area contributed by atoms with Gasteiger partial charge in [-0.25, -0.2) is 0 Å². The van der Waals surface area contributed by atoms with Crippen molar-refractivity contribution in [2.75, 3.05) is 6.79 Å². The van der Waals surface area contributed by atoms with Gasteiger partial charge in [0.25, 0.3) is 0 Å². The van der Waals surface area contributed by atoms with Gasteiger partial charge in [0.1, 0.15) is 5.75 Å². The predicted octanol–water partition coefficient (Wildman–Crippen LogP) is 3.22. The third kappa shape index (κ3) is 3.07. The minimum absolute atomic E-state index is 0. The highest BCUT2D eigenvalue weighted by atomic mass is 16.7. The molecule has 0 atom stereocenters. The lowest BCUT2D eigenvalue weighted by Gasteiger charge is -2.16. The quantitative estimate of drug-likeness (QED) is 0.613. The van der Waals surface area contributed by atoms with Crippen LogP contribution in [-0.4, -0.2) is 6.79 Å². The summed E-state index contributed by atoms with van der Waals surface area (Å²) in [5.41, 5.74) is 1.13. The van der Waals surface area contributed by atoms with E-state index in [9.17, 15) is 0 Å². The minimum atomic E-state index is 0. The van der Waals surface area contributed by atoms with Crippen LogP contribution in [0, 0.1) is 0 Å². The summed E-state index contributed by atoms with van der Waals surface area (Å²) < 4.78 is 10.3. The fourth-order valence-corrected chi connectivity index (χ4v) is 1.02. The van der Waals surface area contributed by atoms with E-state index in [-0.39, 0.29) is 7.43 Å². The Morgan fingerprint density at radius 1 is 1.15 bits per heavy atom. The standard InChI is InChI=1S/C8H8O2.C2H6.CH4/c1-2-4-8-7(3-1)5-9-6-10-8;1-2;/h1-4H,5-6H2;1-2H3;1H4. The minimum Gasteiger partial charge on any atom is -0.467 e. The van der Waals surface area contributed by atoms with Crippen molar-refractivity contribution in [2.24, 2.45) is 0 Å². The number of hydrogen-bond donors (Lipinski definition) is 0. The average molecular weight is 182 g/mol. The van der Waals surface area contributed by atoms with E-state index in [0.717, 1.165) is 11.3 Å². The van der Waals surface area contributed by atoms with Gasteiger partial charge in [-0.3, -0.25) is 0 Å². The molecule has 0 unspecified atom stereocenters. The fraction of sp³-hybridized carbons (Fsp3) is 0.455. The van der Waals surface area contributed by atoms with Gasteiger partial charge in [-0.05, 0) is 6.07 Å². The molecule has 1 aliphatic heterocycles. The highest BCUT2D eigenvalue weighted by Gasteiger charge is 2.07. The first-order chi connectivity index (χ1) is 5.97. The summed E-state index contributed by atoms with van der Waals surface area (Å²) in [5.74, 6) is 0.953. The second kappa shape index (κ2) is 6.49. The predicted molar refractivity (Wildman–Crippen MR) is 54.8 cm³/mol. The summed E-state index contributed by atoms with van der Waals surface area (Å²) in [6.45, 7) is 5.06. The third-order valence-corrected chi connectivity index (χ3v) is 1.53. The molecule has 1 aromatic carbocycles. The SMILES string of the molecule is C.CC.c1ccc2c(c1)COCO2. The van der Waals surface area contributed by atoms with Gasteiger partial charge in [-0.1, -0.05) is 39.5 Å². The van der Waals surface area contributed by atoms with Crippen molar-refractivity contribution in [3.63, 3.8) is 0 Å². The molecule has 2 nitrogen and oxygen atoms in total. The summed E-state index contributed by atoms with van der Waals surface area (Å²) in [4.78, 5) is 0. The van der Waals surface area contributed by atoms with Crippen LogP contribution in [0.25, 0.3) is 0 Å². The largest absolute Gasteiger partial charge is 0.467 e. The van der Waals surface area contributed by atoms with E-state index in [1.165, 1.54) is 0 Å². The Labute approximate surface area is 80.5 Å². The molecule has 0 aliphatic carbocycles. The van der Waals surface area contributed by atoms with Crippen LogP contribution in [0.15, 0.2) is 24.3 Å². The first-order valence-corrected chi connectivity index (χ1v) is 4.25. The molecule has 0 fully saturated rings. The summed E-state index contributed by atoms with van der Waals surface area (Å²) in [6, 6.07) is 7.91. The maximum Gasteiger partial charge on any atom is 0.189 e. The molecule has 0 radical (unpaired) electrons. The molecule has 0 aromatic heterocycles. The molecule has 1 aliphatic rings. The Bertz CT molecular complexity index is 208. The number of fused-ring (bicyclic) bond motifs is 1. The van der Waals surface area contributed by atoms with E-state index < -0.39 is 0 Å². The summed E-state index contributed by atoms with van der Waals surface area (Å²) in [6.07, 6.45) is 0. The van der Waals surface area contributed by atoms with Gasteiger partial charge in [0, 0.05) is 5.56 Å². The summed E-state index contributed by atoms with van der Waals surface area (Å²) in [7, 11) is 0. The highest BCUT2D eigenvalue weighted by Crippen LogP contribution is 2.21. The van der Waals surface area contributed by atoms with Crippen LogP contribution in [0.4, 0.5) is 0 Å². The first kappa shape index (κ1) is 12.0. The maximum absolute atomic E-state index is 5.20. The van der Waals surface area contributed by atoms with Crippen LogP contribution in [0.3, 0.4) is 0 Å². The van der Waals surface area contributed by atoms with E-state index in [1.54, 1.807) is 0 Å². The van der Waals surface area contributed by atoms with Crippen molar-refractivity contribution in [1.82, 2.24) is 0 Å². The topological polar surface area (TPSA) is 18.5 Å². The van der Waals surface area contributed by atoms with E-state index in [2.05, 4.69) is 0 Å². The summed E-state index contributed by atoms with van der Waals surface area (Å²) in [5, 5.41) is 0. The van der Waals surface area contributed by atoms with Gasteiger partial charge in [-0.15, -0.1) is 0 Å². The van der Waals surface area contributed by atoms with Crippen LogP contribution in [-0.2, 0) is 11.3 Å². The number of para-hydroxylation sites is 1. The Morgan fingerprint density at radius 2 is 1.85 bits per heavy atom. The molecular formula is C11H18O2. The van der Waals surface area contributed by atoms with E-state index >= 15 is 0 Å². The zero-order valence-electron chi connectivity index (χ0n) is 7.54. The molecule has 1 aromatic rings. The van der Waals surface area contributed by atoms with Crippen molar-refractivity contribution in [1.29, 1.82) is 0 Å². The highest BCUT2D eigenvalue weighted by molar-refractivity contribution is 5.33. The molecule has 0 N–H and O–H groups in total. The molecule has 13 heavy (non-hydrogen) atoms. The Balaban J connectivity index is 0.000000451. The Hall–Kier alpha value is -1.02. The van der Waals surface area contributed by atoms with Crippen molar-refractivity contribution in [2.45, 2.75) is 27.9 Å². The van der Waals surface area contributed by atoms with Gasteiger partial charge >= 0.3 is 0 Å². The van der Waals surface area contributed by atoms with E-state index in [4.69, 9.17) is 9.47 Å². The molecule has 0 spiro atoms. The monoisotopic (exact) mass is 182 g/mol. The van der Waals surface area contributed by atoms with Gasteiger partial charge in [0.05, 0.1) is 6.61 Å². The lowest BCUT2D eigenvalue weighted by atomic mass is 10.2. The van der Waals surface area contributed by atoms with Crippen LogP contribution >= 0.6 is 0 Å². The van der Waals surface area contributed by atoms with Gasteiger partial charge < -0.3 is 9.47 Å². The second-order valence-corrected chi connectivity index (χ2v) is 2.22. The zero-order valence-corrected chi connectivity index (χ0v) is 7.54. The molecule has 0 saturated carbocycles. The first-order valence-electron chi connectivity index (χ1n) is 4.25. The second-order valence-electron chi connectivity index (χ2n) is 2.22. The van der Waals surface area contributed by atoms with Crippen molar-refractivity contribution >= 4 is 0 Å². The molecule has 2 rings (SSSR count). The normalized spacial score (nSPS) is 12.5. The Kier molecular flexibility index (Phi) is 5.98. The number of ether oxygens (including phenoxy) is 2. The van der Waals surface area contributed by atoms with Gasteiger partial charge in [-0.2, -0.15) is 0 Å².